The highest BCUT2D eigenvalue weighted by Gasteiger charge is 2.26. The molecule has 1 saturated carbocycles. The highest BCUT2D eigenvalue weighted by molar-refractivity contribution is 7.80. The lowest BCUT2D eigenvalue weighted by Crippen LogP contribution is -2.34. The van der Waals surface area contributed by atoms with Gasteiger partial charge in [-0.1, -0.05) is 23.8 Å². The quantitative estimate of drug-likeness (QED) is 0.826. The topological polar surface area (TPSA) is 29.3 Å². The first kappa shape index (κ1) is 13.3. The van der Waals surface area contributed by atoms with Gasteiger partial charge in [-0.25, -0.2) is 0 Å². The molecule has 0 unspecified atom stereocenters. The first-order valence-electron chi connectivity index (χ1n) is 6.66. The van der Waals surface area contributed by atoms with Crippen LogP contribution < -0.4 is 10.6 Å². The van der Waals surface area contributed by atoms with Crippen molar-refractivity contribution >= 4 is 22.9 Å². The third-order valence-electron chi connectivity index (χ3n) is 3.50. The van der Waals surface area contributed by atoms with Crippen molar-refractivity contribution in [3.8, 4) is 0 Å². The number of thiocarbonyl (C=S) groups is 1. The summed E-state index contributed by atoms with van der Waals surface area (Å²) in [6.07, 6.45) is 2.72. The fourth-order valence-electron chi connectivity index (χ4n) is 2.26. The molecule has 2 rings (SSSR count). The van der Waals surface area contributed by atoms with Crippen LogP contribution in [0.1, 0.15) is 37.8 Å². The van der Waals surface area contributed by atoms with Crippen LogP contribution in [-0.4, -0.2) is 17.6 Å². The maximum Gasteiger partial charge on any atom is 0.106 e. The van der Waals surface area contributed by atoms with Gasteiger partial charge in [0.1, 0.15) is 4.99 Å². The predicted octanol–water partition coefficient (Wildman–Crippen LogP) is 3.25. The van der Waals surface area contributed by atoms with Gasteiger partial charge < -0.3 is 10.6 Å². The maximum atomic E-state index is 5.87. The largest absolute Gasteiger partial charge is 0.389 e. The third kappa shape index (κ3) is 3.02. The number of hydrogen-bond donors (Lipinski definition) is 1. The standard InChI is InChI=1S/C15H22N2S/c1-10(2)17(9-12-5-6-12)14-7-4-11(3)8-13(14)15(16)18/h4,7-8,10,12H,5-6,9H2,1-3H3,(H2,16,18). The number of aryl methyl sites for hydroxylation is 1. The summed E-state index contributed by atoms with van der Waals surface area (Å²) in [6.45, 7) is 7.65. The van der Waals surface area contributed by atoms with Crippen LogP contribution in [0.25, 0.3) is 0 Å². The Bertz CT molecular complexity index is 450. The Balaban J connectivity index is 2.35. The van der Waals surface area contributed by atoms with E-state index in [-0.39, 0.29) is 0 Å². The number of anilines is 1. The molecule has 0 aromatic heterocycles. The molecule has 1 aromatic rings. The molecule has 0 radical (unpaired) electrons. The molecule has 3 heteroatoms. The Kier molecular flexibility index (Phi) is 3.91. The summed E-state index contributed by atoms with van der Waals surface area (Å²) in [4.78, 5) is 2.93. The Hall–Kier alpha value is -1.09. The summed E-state index contributed by atoms with van der Waals surface area (Å²) in [5, 5.41) is 0. The van der Waals surface area contributed by atoms with Gasteiger partial charge in [-0.15, -0.1) is 0 Å². The fourth-order valence-corrected chi connectivity index (χ4v) is 2.43. The van der Waals surface area contributed by atoms with E-state index in [2.05, 4.69) is 43.9 Å². The maximum absolute atomic E-state index is 5.87. The van der Waals surface area contributed by atoms with Crippen LogP contribution in [0.4, 0.5) is 5.69 Å². The van der Waals surface area contributed by atoms with Crippen molar-refractivity contribution in [2.24, 2.45) is 11.7 Å². The molecule has 1 aliphatic rings. The zero-order chi connectivity index (χ0) is 13.3. The van der Waals surface area contributed by atoms with Crippen LogP contribution in [0.15, 0.2) is 18.2 Å². The lowest BCUT2D eigenvalue weighted by Gasteiger charge is -2.31. The molecule has 2 N–H and O–H groups in total. The van der Waals surface area contributed by atoms with Crippen LogP contribution in [0.5, 0.6) is 0 Å². The van der Waals surface area contributed by atoms with Crippen molar-refractivity contribution in [3.05, 3.63) is 29.3 Å². The minimum atomic E-state index is 0.474. The molecule has 18 heavy (non-hydrogen) atoms. The van der Waals surface area contributed by atoms with Gasteiger partial charge >= 0.3 is 0 Å². The molecule has 2 nitrogen and oxygen atoms in total. The van der Waals surface area contributed by atoms with E-state index in [1.165, 1.54) is 24.1 Å². The van der Waals surface area contributed by atoms with E-state index < -0.39 is 0 Å². The molecule has 0 aliphatic heterocycles. The SMILES string of the molecule is Cc1ccc(N(CC2CC2)C(C)C)c(C(N)=S)c1. The second-order valence-corrected chi connectivity index (χ2v) is 6.01. The van der Waals surface area contributed by atoms with E-state index in [1.54, 1.807) is 0 Å². The second-order valence-electron chi connectivity index (χ2n) is 5.57. The zero-order valence-corrected chi connectivity index (χ0v) is 12.3. The fraction of sp³-hybridized carbons (Fsp3) is 0.533. The van der Waals surface area contributed by atoms with Gasteiger partial charge in [0.2, 0.25) is 0 Å². The molecule has 0 amide bonds. The van der Waals surface area contributed by atoms with Gasteiger partial charge in [0.25, 0.3) is 0 Å². The first-order valence-corrected chi connectivity index (χ1v) is 7.07. The number of nitrogens with two attached hydrogens (primary N) is 1. The van der Waals surface area contributed by atoms with Gasteiger partial charge in [0, 0.05) is 23.8 Å². The molecule has 1 fully saturated rings. The first-order chi connectivity index (χ1) is 8.49. The highest BCUT2D eigenvalue weighted by Crippen LogP contribution is 2.33. The van der Waals surface area contributed by atoms with Crippen LogP contribution in [0, 0.1) is 12.8 Å². The van der Waals surface area contributed by atoms with Crippen molar-refractivity contribution in [3.63, 3.8) is 0 Å². The highest BCUT2D eigenvalue weighted by atomic mass is 32.1. The number of nitrogens with zero attached hydrogens (tertiary/aromatic N) is 1. The summed E-state index contributed by atoms with van der Waals surface area (Å²) in [5.41, 5.74) is 9.28. The lowest BCUT2D eigenvalue weighted by molar-refractivity contribution is 0.644. The van der Waals surface area contributed by atoms with Crippen LogP contribution in [-0.2, 0) is 0 Å². The predicted molar refractivity (Wildman–Crippen MR) is 82.3 cm³/mol. The summed E-state index contributed by atoms with van der Waals surface area (Å²) in [6, 6.07) is 6.87. The van der Waals surface area contributed by atoms with Gasteiger partial charge in [0.05, 0.1) is 0 Å². The van der Waals surface area contributed by atoms with Crippen molar-refractivity contribution in [1.82, 2.24) is 0 Å². The van der Waals surface area contributed by atoms with Crippen molar-refractivity contribution in [2.75, 3.05) is 11.4 Å². The van der Waals surface area contributed by atoms with Crippen molar-refractivity contribution in [2.45, 2.75) is 39.7 Å². The molecule has 0 spiro atoms. The summed E-state index contributed by atoms with van der Waals surface area (Å²) < 4.78 is 0. The zero-order valence-electron chi connectivity index (χ0n) is 11.4. The van der Waals surface area contributed by atoms with E-state index >= 15 is 0 Å². The lowest BCUT2D eigenvalue weighted by atomic mass is 10.1. The molecule has 0 bridgehead atoms. The molecule has 0 heterocycles. The molecular weight excluding hydrogens is 240 g/mol. The van der Waals surface area contributed by atoms with E-state index in [4.69, 9.17) is 18.0 Å². The van der Waals surface area contributed by atoms with Crippen LogP contribution >= 0.6 is 12.2 Å². The Labute approximate surface area is 115 Å². The van der Waals surface area contributed by atoms with Gasteiger partial charge in [-0.3, -0.25) is 0 Å². The Morgan fingerprint density at radius 2 is 2.11 bits per heavy atom. The average Bonchev–Trinajstić information content (AvgIpc) is 3.09. The van der Waals surface area contributed by atoms with Gasteiger partial charge in [-0.2, -0.15) is 0 Å². The molecule has 98 valence electrons. The summed E-state index contributed by atoms with van der Waals surface area (Å²) in [7, 11) is 0. The minimum Gasteiger partial charge on any atom is -0.389 e. The van der Waals surface area contributed by atoms with E-state index in [0.29, 0.717) is 11.0 Å². The number of hydrogen-bond acceptors (Lipinski definition) is 2. The third-order valence-corrected chi connectivity index (χ3v) is 3.72. The molecule has 0 atom stereocenters. The van der Waals surface area contributed by atoms with E-state index in [0.717, 1.165) is 18.0 Å². The number of benzene rings is 1. The molecule has 1 aliphatic carbocycles. The summed E-state index contributed by atoms with van der Waals surface area (Å²) in [5.74, 6) is 0.855. The van der Waals surface area contributed by atoms with E-state index in [1.807, 2.05) is 0 Å². The van der Waals surface area contributed by atoms with Crippen molar-refractivity contribution < 1.29 is 0 Å². The van der Waals surface area contributed by atoms with Crippen LogP contribution in [0.3, 0.4) is 0 Å². The average molecular weight is 262 g/mol. The minimum absolute atomic E-state index is 0.474. The Morgan fingerprint density at radius 3 is 2.61 bits per heavy atom. The smallest absolute Gasteiger partial charge is 0.106 e. The van der Waals surface area contributed by atoms with Gasteiger partial charge in [-0.05, 0) is 51.7 Å². The monoisotopic (exact) mass is 262 g/mol. The van der Waals surface area contributed by atoms with E-state index in [9.17, 15) is 0 Å². The molecule has 1 aromatic carbocycles. The summed E-state index contributed by atoms with van der Waals surface area (Å²) >= 11 is 5.20. The van der Waals surface area contributed by atoms with Crippen molar-refractivity contribution in [1.29, 1.82) is 0 Å². The molecular formula is C15H22N2S. The Morgan fingerprint density at radius 1 is 1.44 bits per heavy atom. The van der Waals surface area contributed by atoms with Crippen LogP contribution in [0.2, 0.25) is 0 Å². The number of rotatable bonds is 5. The van der Waals surface area contributed by atoms with Gasteiger partial charge in [0.15, 0.2) is 0 Å². The normalized spacial score (nSPS) is 14.9. The second kappa shape index (κ2) is 5.27. The molecule has 0 saturated heterocycles.